The molecule has 0 saturated carbocycles. The first-order valence-corrected chi connectivity index (χ1v) is 7.62. The lowest BCUT2D eigenvalue weighted by molar-refractivity contribution is 0.0464. The van der Waals surface area contributed by atoms with E-state index in [4.69, 9.17) is 0 Å². The van der Waals surface area contributed by atoms with Gasteiger partial charge in [-0.25, -0.2) is 4.79 Å². The van der Waals surface area contributed by atoms with Gasteiger partial charge in [-0.2, -0.15) is 8.78 Å². The normalized spacial score (nSPS) is 22.4. The number of amides is 2. The summed E-state index contributed by atoms with van der Waals surface area (Å²) in [5, 5.41) is 12.5. The number of β-amino-alcohol motifs (C(OH)–C–C–N with tert-alkyl or cyclic N) is 1. The maximum atomic E-state index is 12.3. The molecule has 1 aliphatic rings. The number of aliphatic hydroxyl groups is 1. The number of likely N-dealkylation sites (tertiary alicyclic amines) is 1. The summed E-state index contributed by atoms with van der Waals surface area (Å²) >= 11 is 0.438. The summed E-state index contributed by atoms with van der Waals surface area (Å²) < 4.78 is 24.6. The molecule has 1 aliphatic heterocycles. The van der Waals surface area contributed by atoms with Crippen LogP contribution < -0.4 is 5.32 Å². The molecule has 0 aromatic heterocycles. The first-order valence-electron chi connectivity index (χ1n) is 6.74. The third kappa shape index (κ3) is 4.57. The molecule has 1 aromatic rings. The minimum Gasteiger partial charge on any atom is -0.391 e. The predicted octanol–water partition coefficient (Wildman–Crippen LogP) is 3.24. The minimum atomic E-state index is -2.49. The van der Waals surface area contributed by atoms with Crippen molar-refractivity contribution in [2.75, 3.05) is 18.4 Å². The Balaban J connectivity index is 1.96. The molecular weight excluding hydrogens is 298 g/mol. The van der Waals surface area contributed by atoms with E-state index in [2.05, 4.69) is 5.32 Å². The molecule has 1 fully saturated rings. The van der Waals surface area contributed by atoms with Crippen molar-refractivity contribution in [3.8, 4) is 0 Å². The fourth-order valence-electron chi connectivity index (χ4n) is 2.19. The predicted molar refractivity (Wildman–Crippen MR) is 78.7 cm³/mol. The van der Waals surface area contributed by atoms with E-state index >= 15 is 0 Å². The van der Waals surface area contributed by atoms with E-state index in [0.717, 1.165) is 6.42 Å². The number of anilines is 1. The number of carbonyl (C=O) groups is 1. The van der Waals surface area contributed by atoms with Crippen molar-refractivity contribution in [2.45, 2.75) is 30.1 Å². The summed E-state index contributed by atoms with van der Waals surface area (Å²) in [7, 11) is 0. The molecule has 1 heterocycles. The van der Waals surface area contributed by atoms with E-state index in [0.29, 0.717) is 35.4 Å². The highest BCUT2D eigenvalue weighted by Crippen LogP contribution is 2.27. The van der Waals surface area contributed by atoms with Gasteiger partial charge in [-0.05, 0) is 30.5 Å². The van der Waals surface area contributed by atoms with Crippen molar-refractivity contribution in [3.63, 3.8) is 0 Å². The SMILES string of the molecule is CC1CCN(C(=O)Nc2cccc(SC(F)F)c2)CC1O. The molecule has 0 aliphatic carbocycles. The van der Waals surface area contributed by atoms with Crippen molar-refractivity contribution in [1.29, 1.82) is 0 Å². The van der Waals surface area contributed by atoms with Crippen LogP contribution in [0.4, 0.5) is 19.3 Å². The largest absolute Gasteiger partial charge is 0.391 e. The molecule has 0 spiro atoms. The fraction of sp³-hybridized carbons (Fsp3) is 0.500. The van der Waals surface area contributed by atoms with Gasteiger partial charge in [0, 0.05) is 23.7 Å². The summed E-state index contributed by atoms with van der Waals surface area (Å²) in [5.41, 5.74) is 0.471. The van der Waals surface area contributed by atoms with Gasteiger partial charge in [0.25, 0.3) is 5.76 Å². The van der Waals surface area contributed by atoms with Gasteiger partial charge in [-0.3, -0.25) is 0 Å². The molecule has 2 N–H and O–H groups in total. The van der Waals surface area contributed by atoms with Crippen LogP contribution in [0.3, 0.4) is 0 Å². The van der Waals surface area contributed by atoms with Crippen LogP contribution >= 0.6 is 11.8 Å². The zero-order chi connectivity index (χ0) is 15.4. The molecule has 0 bridgehead atoms. The Hall–Kier alpha value is -1.34. The second-order valence-electron chi connectivity index (χ2n) is 5.12. The third-order valence-corrected chi connectivity index (χ3v) is 4.22. The Labute approximate surface area is 126 Å². The average molecular weight is 316 g/mol. The third-order valence-electron chi connectivity index (χ3n) is 3.52. The number of hydrogen-bond acceptors (Lipinski definition) is 3. The van der Waals surface area contributed by atoms with Crippen LogP contribution in [0.1, 0.15) is 13.3 Å². The van der Waals surface area contributed by atoms with Crippen LogP contribution in [0.15, 0.2) is 29.2 Å². The summed E-state index contributed by atoms with van der Waals surface area (Å²) in [4.78, 5) is 14.0. The highest BCUT2D eigenvalue weighted by Gasteiger charge is 2.27. The summed E-state index contributed by atoms with van der Waals surface area (Å²) in [6.07, 6.45) is 0.223. The van der Waals surface area contributed by atoms with Crippen molar-refractivity contribution < 1.29 is 18.7 Å². The van der Waals surface area contributed by atoms with Crippen LogP contribution in [0.5, 0.6) is 0 Å². The first kappa shape index (κ1) is 16.0. The molecule has 7 heteroatoms. The van der Waals surface area contributed by atoms with Crippen LogP contribution in [0, 0.1) is 5.92 Å². The standard InChI is InChI=1S/C14H18F2N2O2S/c1-9-5-6-18(8-12(9)19)14(20)17-10-3-2-4-11(7-10)21-13(15)16/h2-4,7,9,12-13,19H,5-6,8H2,1H3,(H,17,20). The fourth-order valence-corrected chi connectivity index (χ4v) is 2.74. The molecule has 4 nitrogen and oxygen atoms in total. The Bertz CT molecular complexity index is 502. The molecule has 2 amide bonds. The number of hydrogen-bond donors (Lipinski definition) is 2. The molecule has 116 valence electrons. The van der Waals surface area contributed by atoms with Gasteiger partial charge in [0.1, 0.15) is 0 Å². The maximum Gasteiger partial charge on any atom is 0.321 e. The number of piperidine rings is 1. The van der Waals surface area contributed by atoms with E-state index in [1.807, 2.05) is 6.92 Å². The van der Waals surface area contributed by atoms with Crippen molar-refractivity contribution in [2.24, 2.45) is 5.92 Å². The number of rotatable bonds is 3. The monoisotopic (exact) mass is 316 g/mol. The van der Waals surface area contributed by atoms with Gasteiger partial charge in [0.15, 0.2) is 0 Å². The Morgan fingerprint density at radius 3 is 2.95 bits per heavy atom. The van der Waals surface area contributed by atoms with Crippen molar-refractivity contribution in [1.82, 2.24) is 4.90 Å². The number of aliphatic hydroxyl groups excluding tert-OH is 1. The van der Waals surface area contributed by atoms with Crippen LogP contribution in [0.2, 0.25) is 0 Å². The molecule has 1 aromatic carbocycles. The second kappa shape index (κ2) is 7.09. The number of alkyl halides is 2. The van der Waals surface area contributed by atoms with Crippen LogP contribution in [-0.4, -0.2) is 41.0 Å². The van der Waals surface area contributed by atoms with Crippen LogP contribution in [-0.2, 0) is 0 Å². The topological polar surface area (TPSA) is 52.6 Å². The number of halogens is 2. The number of nitrogens with one attached hydrogen (secondary N) is 1. The molecule has 2 rings (SSSR count). The Morgan fingerprint density at radius 2 is 2.29 bits per heavy atom. The van der Waals surface area contributed by atoms with Gasteiger partial charge in [-0.15, -0.1) is 0 Å². The van der Waals surface area contributed by atoms with Gasteiger partial charge in [0.05, 0.1) is 6.10 Å². The lowest BCUT2D eigenvalue weighted by Gasteiger charge is -2.34. The zero-order valence-electron chi connectivity index (χ0n) is 11.6. The average Bonchev–Trinajstić information content (AvgIpc) is 2.41. The van der Waals surface area contributed by atoms with Crippen LogP contribution in [0.25, 0.3) is 0 Å². The Kier molecular flexibility index (Phi) is 5.41. The Morgan fingerprint density at radius 1 is 1.52 bits per heavy atom. The molecule has 21 heavy (non-hydrogen) atoms. The number of benzene rings is 1. The van der Waals surface area contributed by atoms with Crippen molar-refractivity contribution in [3.05, 3.63) is 24.3 Å². The lowest BCUT2D eigenvalue weighted by atomic mass is 9.96. The van der Waals surface area contributed by atoms with E-state index in [1.165, 1.54) is 11.0 Å². The molecule has 1 saturated heterocycles. The van der Waals surface area contributed by atoms with E-state index in [9.17, 15) is 18.7 Å². The smallest absolute Gasteiger partial charge is 0.321 e. The quantitative estimate of drug-likeness (QED) is 0.842. The molecular formula is C14H18F2N2O2S. The van der Waals surface area contributed by atoms with E-state index < -0.39 is 11.9 Å². The summed E-state index contributed by atoms with van der Waals surface area (Å²) in [5.74, 6) is -2.31. The van der Waals surface area contributed by atoms with Gasteiger partial charge >= 0.3 is 6.03 Å². The second-order valence-corrected chi connectivity index (χ2v) is 6.18. The molecule has 0 radical (unpaired) electrons. The number of nitrogens with zero attached hydrogens (tertiary/aromatic N) is 1. The molecule has 2 unspecified atom stereocenters. The summed E-state index contributed by atoms with van der Waals surface area (Å²) in [6, 6.07) is 6.03. The number of urea groups is 1. The highest BCUT2D eigenvalue weighted by atomic mass is 32.2. The highest BCUT2D eigenvalue weighted by molar-refractivity contribution is 7.99. The van der Waals surface area contributed by atoms with E-state index in [-0.39, 0.29) is 11.9 Å². The lowest BCUT2D eigenvalue weighted by Crippen LogP contribution is -2.47. The minimum absolute atomic E-state index is 0.180. The summed E-state index contributed by atoms with van der Waals surface area (Å²) in [6.45, 7) is 2.82. The molecule has 2 atom stereocenters. The van der Waals surface area contributed by atoms with Crippen molar-refractivity contribution >= 4 is 23.5 Å². The first-order chi connectivity index (χ1) is 9.95. The number of carbonyl (C=O) groups excluding carboxylic acids is 1. The van der Waals surface area contributed by atoms with E-state index in [1.54, 1.807) is 18.2 Å². The zero-order valence-corrected chi connectivity index (χ0v) is 12.4. The van der Waals surface area contributed by atoms with Gasteiger partial charge in [-0.1, -0.05) is 24.8 Å². The van der Waals surface area contributed by atoms with Gasteiger partial charge < -0.3 is 15.3 Å². The maximum absolute atomic E-state index is 12.3. The number of thioether (sulfide) groups is 1. The van der Waals surface area contributed by atoms with Gasteiger partial charge in [0.2, 0.25) is 0 Å².